The third-order valence-corrected chi connectivity index (χ3v) is 6.34. The maximum atomic E-state index is 12.4. The van der Waals surface area contributed by atoms with Gasteiger partial charge in [-0.1, -0.05) is 36.0 Å². The number of rotatable bonds is 3. The van der Waals surface area contributed by atoms with E-state index in [1.807, 2.05) is 0 Å². The van der Waals surface area contributed by atoms with Crippen molar-refractivity contribution in [1.82, 2.24) is 0 Å². The lowest BCUT2D eigenvalue weighted by Crippen LogP contribution is -2.18. The van der Waals surface area contributed by atoms with Crippen LogP contribution in [0.1, 0.15) is 36.0 Å². The molecule has 0 aromatic heterocycles. The van der Waals surface area contributed by atoms with E-state index in [0.717, 1.165) is 18.9 Å². The molecule has 1 aliphatic rings. The third-order valence-electron chi connectivity index (χ3n) is 3.30. The maximum Gasteiger partial charge on any atom is 0.337 e. The topological polar surface area (TPSA) is 71.4 Å². The fourth-order valence-electron chi connectivity index (χ4n) is 2.29. The van der Waals surface area contributed by atoms with E-state index in [1.54, 1.807) is 0 Å². The summed E-state index contributed by atoms with van der Waals surface area (Å²) >= 11 is 11.7. The van der Waals surface area contributed by atoms with Gasteiger partial charge in [-0.05, 0) is 25.0 Å². The lowest BCUT2D eigenvalue weighted by molar-refractivity contribution is 0.0697. The number of sulfone groups is 1. The molecule has 0 amide bonds. The molecule has 1 fully saturated rings. The Morgan fingerprint density at radius 2 is 1.74 bits per heavy atom. The van der Waals surface area contributed by atoms with Crippen molar-refractivity contribution in [3.63, 3.8) is 0 Å². The van der Waals surface area contributed by atoms with E-state index in [9.17, 15) is 13.2 Å². The Hall–Kier alpha value is -0.780. The van der Waals surface area contributed by atoms with Crippen molar-refractivity contribution >= 4 is 39.0 Å². The van der Waals surface area contributed by atoms with Crippen molar-refractivity contribution < 1.29 is 18.3 Å². The van der Waals surface area contributed by atoms with Gasteiger partial charge in [0, 0.05) is 0 Å². The zero-order valence-corrected chi connectivity index (χ0v) is 12.2. The number of hydrogen-bond acceptors (Lipinski definition) is 3. The second-order valence-electron chi connectivity index (χ2n) is 4.52. The molecule has 0 bridgehead atoms. The van der Waals surface area contributed by atoms with Gasteiger partial charge in [0.05, 0.1) is 25.8 Å². The average Bonchev–Trinajstić information content (AvgIpc) is 2.81. The molecule has 0 heterocycles. The molecule has 0 atom stereocenters. The largest absolute Gasteiger partial charge is 0.478 e. The van der Waals surface area contributed by atoms with Crippen molar-refractivity contribution in [2.45, 2.75) is 35.8 Å². The van der Waals surface area contributed by atoms with Crippen LogP contribution in [0.2, 0.25) is 10.0 Å². The Kier molecular flexibility index (Phi) is 4.08. The number of benzene rings is 1. The lowest BCUT2D eigenvalue weighted by Gasteiger charge is -2.13. The first-order chi connectivity index (χ1) is 8.84. The number of halogens is 2. The number of aromatic carboxylic acids is 1. The van der Waals surface area contributed by atoms with E-state index >= 15 is 0 Å². The normalized spacial score (nSPS) is 16.7. The first-order valence-corrected chi connectivity index (χ1v) is 8.10. The van der Waals surface area contributed by atoms with Gasteiger partial charge in [0.25, 0.3) is 0 Å². The summed E-state index contributed by atoms with van der Waals surface area (Å²) in [6.07, 6.45) is 2.90. The number of carboxylic acid groups (broad SMARTS) is 1. The van der Waals surface area contributed by atoms with E-state index < -0.39 is 21.1 Å². The smallest absolute Gasteiger partial charge is 0.337 e. The number of carbonyl (C=O) groups is 1. The van der Waals surface area contributed by atoms with Crippen LogP contribution in [0.25, 0.3) is 0 Å². The van der Waals surface area contributed by atoms with Crippen LogP contribution in [0.5, 0.6) is 0 Å². The molecule has 2 rings (SSSR count). The predicted octanol–water partition coefficient (Wildman–Crippen LogP) is 3.41. The Morgan fingerprint density at radius 1 is 1.16 bits per heavy atom. The fourth-order valence-corrected chi connectivity index (χ4v) is 5.00. The van der Waals surface area contributed by atoms with E-state index in [-0.39, 0.29) is 20.5 Å². The molecule has 0 saturated heterocycles. The van der Waals surface area contributed by atoms with Crippen molar-refractivity contribution in [2.24, 2.45) is 0 Å². The van der Waals surface area contributed by atoms with Gasteiger partial charge in [-0.15, -0.1) is 0 Å². The highest BCUT2D eigenvalue weighted by atomic mass is 35.5. The highest BCUT2D eigenvalue weighted by Crippen LogP contribution is 2.35. The van der Waals surface area contributed by atoms with E-state index in [2.05, 4.69) is 0 Å². The van der Waals surface area contributed by atoms with Gasteiger partial charge in [0.2, 0.25) is 0 Å². The quantitative estimate of drug-likeness (QED) is 0.925. The van der Waals surface area contributed by atoms with Crippen LogP contribution in [0.15, 0.2) is 17.0 Å². The highest BCUT2D eigenvalue weighted by molar-refractivity contribution is 7.92. The molecule has 7 heteroatoms. The Balaban J connectivity index is 2.55. The van der Waals surface area contributed by atoms with Gasteiger partial charge < -0.3 is 5.11 Å². The minimum absolute atomic E-state index is 0.0260. The molecule has 0 radical (unpaired) electrons. The molecular weight excluding hydrogens is 311 g/mol. The zero-order chi connectivity index (χ0) is 14.2. The van der Waals surface area contributed by atoms with Gasteiger partial charge in [0.1, 0.15) is 0 Å². The van der Waals surface area contributed by atoms with Crippen molar-refractivity contribution in [1.29, 1.82) is 0 Å². The molecule has 1 aromatic carbocycles. The Bertz CT molecular complexity index is 619. The Morgan fingerprint density at radius 3 is 2.26 bits per heavy atom. The predicted molar refractivity (Wildman–Crippen MR) is 72.9 cm³/mol. The first kappa shape index (κ1) is 14.6. The second kappa shape index (κ2) is 5.31. The Labute approximate surface area is 121 Å². The van der Waals surface area contributed by atoms with Crippen molar-refractivity contribution in [3.05, 3.63) is 27.7 Å². The van der Waals surface area contributed by atoms with Crippen LogP contribution in [0, 0.1) is 0 Å². The standard InChI is InChI=1S/C12H12Cl2O4S/c13-9-6-10(14)11(5-8(9)12(15)16)19(17,18)7-3-1-2-4-7/h5-7H,1-4H2,(H,15,16). The third kappa shape index (κ3) is 2.73. The molecule has 1 aliphatic carbocycles. The first-order valence-electron chi connectivity index (χ1n) is 5.80. The molecule has 1 aromatic rings. The molecule has 1 N–H and O–H groups in total. The van der Waals surface area contributed by atoms with Crippen LogP contribution in [-0.4, -0.2) is 24.7 Å². The van der Waals surface area contributed by atoms with Gasteiger partial charge in [-0.25, -0.2) is 13.2 Å². The molecule has 0 spiro atoms. The van der Waals surface area contributed by atoms with E-state index in [4.69, 9.17) is 28.3 Å². The van der Waals surface area contributed by atoms with Crippen molar-refractivity contribution in [2.75, 3.05) is 0 Å². The van der Waals surface area contributed by atoms with Crippen LogP contribution >= 0.6 is 23.2 Å². The van der Waals surface area contributed by atoms with Crippen molar-refractivity contribution in [3.8, 4) is 0 Å². The van der Waals surface area contributed by atoms with Gasteiger partial charge in [-0.3, -0.25) is 0 Å². The SMILES string of the molecule is O=C(O)c1cc(S(=O)(=O)C2CCCC2)c(Cl)cc1Cl. The minimum Gasteiger partial charge on any atom is -0.478 e. The summed E-state index contributed by atoms with van der Waals surface area (Å²) in [5.41, 5.74) is -0.248. The van der Waals surface area contributed by atoms with Gasteiger partial charge in [0.15, 0.2) is 9.84 Å². The monoisotopic (exact) mass is 322 g/mol. The maximum absolute atomic E-state index is 12.4. The molecule has 104 valence electrons. The molecular formula is C12H12Cl2O4S. The summed E-state index contributed by atoms with van der Waals surface area (Å²) in [6.45, 7) is 0. The number of hydrogen-bond donors (Lipinski definition) is 1. The highest BCUT2D eigenvalue weighted by Gasteiger charge is 2.32. The molecule has 0 aliphatic heterocycles. The van der Waals surface area contributed by atoms with Crippen LogP contribution in [-0.2, 0) is 9.84 Å². The fraction of sp³-hybridized carbons (Fsp3) is 0.417. The minimum atomic E-state index is -3.60. The number of carboxylic acids is 1. The second-order valence-corrected chi connectivity index (χ2v) is 7.53. The molecule has 4 nitrogen and oxygen atoms in total. The summed E-state index contributed by atoms with van der Waals surface area (Å²) in [5.74, 6) is -1.27. The van der Waals surface area contributed by atoms with Gasteiger partial charge >= 0.3 is 5.97 Å². The van der Waals surface area contributed by atoms with E-state index in [0.29, 0.717) is 12.8 Å². The summed E-state index contributed by atoms with van der Waals surface area (Å²) in [6, 6.07) is 2.23. The summed E-state index contributed by atoms with van der Waals surface area (Å²) in [7, 11) is -3.60. The zero-order valence-electron chi connectivity index (χ0n) is 9.90. The summed E-state index contributed by atoms with van der Waals surface area (Å²) in [5, 5.41) is 8.42. The molecule has 1 saturated carbocycles. The average molecular weight is 323 g/mol. The van der Waals surface area contributed by atoms with Crippen LogP contribution in [0.3, 0.4) is 0 Å². The summed E-state index contributed by atoms with van der Waals surface area (Å²) < 4.78 is 24.8. The van der Waals surface area contributed by atoms with Crippen LogP contribution in [0.4, 0.5) is 0 Å². The summed E-state index contributed by atoms with van der Waals surface area (Å²) in [4.78, 5) is 10.9. The molecule has 0 unspecified atom stereocenters. The van der Waals surface area contributed by atoms with Gasteiger partial charge in [-0.2, -0.15) is 0 Å². The molecule has 19 heavy (non-hydrogen) atoms. The van der Waals surface area contributed by atoms with E-state index in [1.165, 1.54) is 6.07 Å². The van der Waals surface area contributed by atoms with Crippen LogP contribution < -0.4 is 0 Å². The lowest BCUT2D eigenvalue weighted by atomic mass is 10.2.